The number of aryl methyl sites for hydroxylation is 1. The number of piperidine rings is 1. The molecule has 0 saturated carbocycles. The van der Waals surface area contributed by atoms with Gasteiger partial charge in [-0.15, -0.1) is 0 Å². The molecule has 0 radical (unpaired) electrons. The van der Waals surface area contributed by atoms with Crippen LogP contribution in [0.5, 0.6) is 0 Å². The predicted octanol–water partition coefficient (Wildman–Crippen LogP) is 3.08. The number of benzene rings is 1. The fourth-order valence-corrected chi connectivity index (χ4v) is 3.90. The zero-order valence-corrected chi connectivity index (χ0v) is 11.9. The molecule has 0 aromatic heterocycles. The van der Waals surface area contributed by atoms with Gasteiger partial charge in [0, 0.05) is 12.6 Å². The molecule has 0 amide bonds. The first kappa shape index (κ1) is 13.1. The first-order valence-corrected chi connectivity index (χ1v) is 7.80. The van der Waals surface area contributed by atoms with Crippen LogP contribution in [0.3, 0.4) is 0 Å². The molecule has 104 valence electrons. The lowest BCUT2D eigenvalue weighted by molar-refractivity contribution is -0.0138. The normalized spacial score (nSPS) is 31.4. The van der Waals surface area contributed by atoms with Crippen LogP contribution in [0.4, 0.5) is 0 Å². The van der Waals surface area contributed by atoms with Gasteiger partial charge in [-0.1, -0.05) is 44.0 Å². The van der Waals surface area contributed by atoms with Gasteiger partial charge in [0.05, 0.1) is 0 Å². The van der Waals surface area contributed by atoms with E-state index in [1.165, 1.54) is 24.9 Å². The van der Waals surface area contributed by atoms with Gasteiger partial charge < -0.3 is 5.11 Å². The van der Waals surface area contributed by atoms with Crippen LogP contribution in [0.1, 0.15) is 50.2 Å². The maximum atomic E-state index is 11.2. The third kappa shape index (κ3) is 2.32. The fraction of sp³-hybridized carbons (Fsp3) is 0.647. The lowest BCUT2D eigenvalue weighted by Gasteiger charge is -2.37. The molecule has 2 heteroatoms. The number of fused-ring (bicyclic) bond motifs is 1. The highest BCUT2D eigenvalue weighted by Gasteiger charge is 2.47. The van der Waals surface area contributed by atoms with Crippen molar-refractivity contribution in [3.63, 3.8) is 0 Å². The summed E-state index contributed by atoms with van der Waals surface area (Å²) in [7, 11) is 0. The summed E-state index contributed by atoms with van der Waals surface area (Å²) in [5.41, 5.74) is 1.90. The minimum Gasteiger partial charge on any atom is -0.383 e. The first-order chi connectivity index (χ1) is 9.24. The molecule has 2 atom stereocenters. The standard InChI is InChI=1S/C17H25NO/c1-2-6-14-7-5-8-15(13-14)17(19)10-12-18-11-4-3-9-16(17)18/h5,7-8,13,16,19H,2-4,6,9-12H2,1H3. The van der Waals surface area contributed by atoms with Gasteiger partial charge in [-0.25, -0.2) is 0 Å². The summed E-state index contributed by atoms with van der Waals surface area (Å²) in [6.45, 7) is 4.43. The van der Waals surface area contributed by atoms with Crippen molar-refractivity contribution in [1.29, 1.82) is 0 Å². The molecule has 2 saturated heterocycles. The SMILES string of the molecule is CCCc1cccc(C2(O)CCN3CCCCC32)c1. The lowest BCUT2D eigenvalue weighted by atomic mass is 9.82. The Morgan fingerprint density at radius 2 is 2.21 bits per heavy atom. The van der Waals surface area contributed by atoms with E-state index >= 15 is 0 Å². The molecule has 2 heterocycles. The Morgan fingerprint density at radius 1 is 1.32 bits per heavy atom. The van der Waals surface area contributed by atoms with Crippen molar-refractivity contribution in [2.24, 2.45) is 0 Å². The van der Waals surface area contributed by atoms with Gasteiger partial charge in [0.25, 0.3) is 0 Å². The average Bonchev–Trinajstić information content (AvgIpc) is 2.79. The van der Waals surface area contributed by atoms with Crippen LogP contribution in [-0.4, -0.2) is 29.1 Å². The molecule has 2 fully saturated rings. The summed E-state index contributed by atoms with van der Waals surface area (Å²) in [5.74, 6) is 0. The minimum atomic E-state index is -0.607. The zero-order valence-electron chi connectivity index (χ0n) is 11.9. The third-order valence-corrected chi connectivity index (χ3v) is 4.91. The van der Waals surface area contributed by atoms with Gasteiger partial charge in [0.2, 0.25) is 0 Å². The summed E-state index contributed by atoms with van der Waals surface area (Å²) in [6.07, 6.45) is 6.87. The monoisotopic (exact) mass is 259 g/mol. The number of hydrogen-bond donors (Lipinski definition) is 1. The Bertz CT molecular complexity index is 445. The van der Waals surface area contributed by atoms with E-state index in [1.807, 2.05) is 0 Å². The van der Waals surface area contributed by atoms with Gasteiger partial charge in [-0.05, 0) is 43.4 Å². The smallest absolute Gasteiger partial charge is 0.106 e. The largest absolute Gasteiger partial charge is 0.383 e. The summed E-state index contributed by atoms with van der Waals surface area (Å²) >= 11 is 0. The van der Waals surface area contributed by atoms with Crippen molar-refractivity contribution in [2.75, 3.05) is 13.1 Å². The van der Waals surface area contributed by atoms with Crippen molar-refractivity contribution in [3.05, 3.63) is 35.4 Å². The van der Waals surface area contributed by atoms with Crippen molar-refractivity contribution in [1.82, 2.24) is 4.90 Å². The Balaban J connectivity index is 1.89. The topological polar surface area (TPSA) is 23.5 Å². The number of aliphatic hydroxyl groups is 1. The lowest BCUT2D eigenvalue weighted by Crippen LogP contribution is -2.45. The summed E-state index contributed by atoms with van der Waals surface area (Å²) in [6, 6.07) is 9.00. The molecule has 2 aliphatic heterocycles. The summed E-state index contributed by atoms with van der Waals surface area (Å²) in [5, 5.41) is 11.2. The molecule has 2 aliphatic rings. The second-order valence-electron chi connectivity index (χ2n) is 6.17. The molecule has 19 heavy (non-hydrogen) atoms. The van der Waals surface area contributed by atoms with Crippen LogP contribution >= 0.6 is 0 Å². The average molecular weight is 259 g/mol. The number of rotatable bonds is 3. The van der Waals surface area contributed by atoms with E-state index in [0.29, 0.717) is 6.04 Å². The van der Waals surface area contributed by atoms with Gasteiger partial charge >= 0.3 is 0 Å². The van der Waals surface area contributed by atoms with Crippen molar-refractivity contribution >= 4 is 0 Å². The van der Waals surface area contributed by atoms with Gasteiger partial charge in [0.15, 0.2) is 0 Å². The second-order valence-corrected chi connectivity index (χ2v) is 6.17. The molecule has 1 aromatic rings. The van der Waals surface area contributed by atoms with Crippen LogP contribution in [0.2, 0.25) is 0 Å². The van der Waals surface area contributed by atoms with Crippen LogP contribution < -0.4 is 0 Å². The highest BCUT2D eigenvalue weighted by Crippen LogP contribution is 2.42. The quantitative estimate of drug-likeness (QED) is 0.901. The van der Waals surface area contributed by atoms with Crippen LogP contribution in [0.25, 0.3) is 0 Å². The Hall–Kier alpha value is -0.860. The molecule has 2 nitrogen and oxygen atoms in total. The molecule has 0 spiro atoms. The van der Waals surface area contributed by atoms with Gasteiger partial charge in [0.1, 0.15) is 5.60 Å². The van der Waals surface area contributed by atoms with Crippen molar-refractivity contribution in [3.8, 4) is 0 Å². The Labute approximate surface area is 116 Å². The molecule has 1 N–H and O–H groups in total. The molecule has 3 rings (SSSR count). The Kier molecular flexibility index (Phi) is 3.64. The van der Waals surface area contributed by atoms with E-state index in [-0.39, 0.29) is 0 Å². The molecule has 0 bridgehead atoms. The highest BCUT2D eigenvalue weighted by molar-refractivity contribution is 5.31. The van der Waals surface area contributed by atoms with E-state index in [0.717, 1.165) is 37.8 Å². The number of nitrogens with zero attached hydrogens (tertiary/aromatic N) is 1. The highest BCUT2D eigenvalue weighted by atomic mass is 16.3. The molecule has 1 aromatic carbocycles. The molecular formula is C17H25NO. The molecular weight excluding hydrogens is 234 g/mol. The van der Waals surface area contributed by atoms with E-state index in [4.69, 9.17) is 0 Å². The van der Waals surface area contributed by atoms with E-state index in [1.54, 1.807) is 0 Å². The Morgan fingerprint density at radius 3 is 3.05 bits per heavy atom. The second kappa shape index (κ2) is 5.26. The molecule has 0 aliphatic carbocycles. The first-order valence-electron chi connectivity index (χ1n) is 7.80. The van der Waals surface area contributed by atoms with Gasteiger partial charge in [-0.2, -0.15) is 0 Å². The summed E-state index contributed by atoms with van der Waals surface area (Å²) in [4.78, 5) is 2.50. The summed E-state index contributed by atoms with van der Waals surface area (Å²) < 4.78 is 0. The van der Waals surface area contributed by atoms with E-state index in [2.05, 4.69) is 36.1 Å². The third-order valence-electron chi connectivity index (χ3n) is 4.91. The minimum absolute atomic E-state index is 0.345. The maximum Gasteiger partial charge on any atom is 0.106 e. The number of hydrogen-bond acceptors (Lipinski definition) is 2. The van der Waals surface area contributed by atoms with E-state index in [9.17, 15) is 5.11 Å². The van der Waals surface area contributed by atoms with Crippen LogP contribution in [-0.2, 0) is 12.0 Å². The van der Waals surface area contributed by atoms with Crippen molar-refractivity contribution < 1.29 is 5.11 Å². The van der Waals surface area contributed by atoms with Gasteiger partial charge in [-0.3, -0.25) is 4.90 Å². The van der Waals surface area contributed by atoms with Crippen molar-refractivity contribution in [2.45, 2.75) is 57.1 Å². The van der Waals surface area contributed by atoms with Crippen LogP contribution in [0.15, 0.2) is 24.3 Å². The maximum absolute atomic E-state index is 11.2. The fourth-order valence-electron chi connectivity index (χ4n) is 3.90. The van der Waals surface area contributed by atoms with E-state index < -0.39 is 5.60 Å². The predicted molar refractivity (Wildman–Crippen MR) is 78.2 cm³/mol. The van der Waals surface area contributed by atoms with Crippen LogP contribution in [0, 0.1) is 0 Å². The molecule has 2 unspecified atom stereocenters. The zero-order chi connectivity index (χ0) is 13.3.